The van der Waals surface area contributed by atoms with Crippen LogP contribution in [0, 0.1) is 5.92 Å². The molecule has 0 unspecified atom stereocenters. The summed E-state index contributed by atoms with van der Waals surface area (Å²) >= 11 is 0. The van der Waals surface area contributed by atoms with E-state index < -0.39 is 11.8 Å². The van der Waals surface area contributed by atoms with E-state index in [1.54, 1.807) is 0 Å². The molecule has 0 aliphatic heterocycles. The molecule has 1 aliphatic rings. The maximum atomic E-state index is 10.7. The zero-order valence-corrected chi connectivity index (χ0v) is 7.79. The molecule has 0 amide bonds. The van der Waals surface area contributed by atoms with Crippen LogP contribution in [0.4, 0.5) is 0 Å². The molecule has 0 atom stereocenters. The summed E-state index contributed by atoms with van der Waals surface area (Å²) in [5, 5.41) is 8.32. The van der Waals surface area contributed by atoms with Crippen LogP contribution in [0.1, 0.15) is 44.9 Å². The van der Waals surface area contributed by atoms with Gasteiger partial charge in [0.05, 0.1) is 0 Å². The highest BCUT2D eigenvalue weighted by Crippen LogP contribution is 2.28. The quantitative estimate of drug-likeness (QED) is 0.665. The molecule has 1 aliphatic carbocycles. The Morgan fingerprint density at radius 3 is 2.38 bits per heavy atom. The van der Waals surface area contributed by atoms with Crippen molar-refractivity contribution in [2.75, 3.05) is 0 Å². The Labute approximate surface area is 78.1 Å². The van der Waals surface area contributed by atoms with Gasteiger partial charge in [0.1, 0.15) is 0 Å². The van der Waals surface area contributed by atoms with Gasteiger partial charge < -0.3 is 5.11 Å². The summed E-state index contributed by atoms with van der Waals surface area (Å²) in [4.78, 5) is 20.9. The summed E-state index contributed by atoms with van der Waals surface area (Å²) in [6.45, 7) is 0. The molecular formula is C10H16O3. The second kappa shape index (κ2) is 5.00. The van der Waals surface area contributed by atoms with Gasteiger partial charge in [0.25, 0.3) is 0 Å². The Morgan fingerprint density at radius 2 is 1.85 bits per heavy atom. The molecule has 1 rings (SSSR count). The lowest BCUT2D eigenvalue weighted by Gasteiger charge is -2.06. The number of carboxylic acid groups (broad SMARTS) is 1. The molecule has 0 aromatic heterocycles. The molecule has 3 nitrogen and oxygen atoms in total. The van der Waals surface area contributed by atoms with Crippen LogP contribution in [0.15, 0.2) is 0 Å². The van der Waals surface area contributed by atoms with Gasteiger partial charge in [-0.15, -0.1) is 0 Å². The number of carboxylic acids is 1. The molecule has 3 heteroatoms. The van der Waals surface area contributed by atoms with Crippen molar-refractivity contribution in [1.29, 1.82) is 0 Å². The number of carbonyl (C=O) groups excluding carboxylic acids is 1. The lowest BCUT2D eigenvalue weighted by atomic mass is 10.00. The fourth-order valence-corrected chi connectivity index (χ4v) is 1.96. The molecule has 0 aromatic carbocycles. The van der Waals surface area contributed by atoms with Crippen molar-refractivity contribution in [3.63, 3.8) is 0 Å². The van der Waals surface area contributed by atoms with Crippen LogP contribution in [-0.2, 0) is 9.59 Å². The normalized spacial score (nSPS) is 17.5. The van der Waals surface area contributed by atoms with Gasteiger partial charge in [0.15, 0.2) is 0 Å². The van der Waals surface area contributed by atoms with Gasteiger partial charge in [-0.3, -0.25) is 4.79 Å². The van der Waals surface area contributed by atoms with Crippen LogP contribution in [0.2, 0.25) is 0 Å². The molecule has 0 saturated heterocycles. The van der Waals surface area contributed by atoms with Crippen molar-refractivity contribution >= 4 is 11.8 Å². The van der Waals surface area contributed by atoms with Crippen molar-refractivity contribution in [1.82, 2.24) is 0 Å². The van der Waals surface area contributed by atoms with Crippen molar-refractivity contribution in [3.05, 3.63) is 0 Å². The summed E-state index contributed by atoms with van der Waals surface area (Å²) < 4.78 is 0. The molecule has 0 aromatic rings. The molecule has 1 N–H and O–H groups in total. The molecule has 74 valence electrons. The molecule has 0 bridgehead atoms. The first-order valence-corrected chi connectivity index (χ1v) is 4.96. The first-order chi connectivity index (χ1) is 6.20. The minimum absolute atomic E-state index is 0.214. The van der Waals surface area contributed by atoms with Crippen LogP contribution in [-0.4, -0.2) is 16.9 Å². The summed E-state index contributed by atoms with van der Waals surface area (Å²) in [5.74, 6) is -1.17. The molecule has 0 spiro atoms. The molecule has 0 heterocycles. The second-order valence-corrected chi connectivity index (χ2v) is 3.77. The van der Waals surface area contributed by atoms with Gasteiger partial charge in [-0.05, 0) is 12.3 Å². The number of Topliss-reactive ketones (excluding diaryl/α,β-unsaturated/α-hetero) is 1. The number of rotatable bonds is 5. The van der Waals surface area contributed by atoms with Crippen molar-refractivity contribution < 1.29 is 14.7 Å². The van der Waals surface area contributed by atoms with E-state index in [9.17, 15) is 9.59 Å². The van der Waals surface area contributed by atoms with E-state index in [1.165, 1.54) is 25.7 Å². The molecule has 13 heavy (non-hydrogen) atoms. The minimum Gasteiger partial charge on any atom is -0.476 e. The molecule has 0 radical (unpaired) electrons. The lowest BCUT2D eigenvalue weighted by molar-refractivity contribution is -0.149. The van der Waals surface area contributed by atoms with Crippen LogP contribution < -0.4 is 0 Å². The molecule has 1 fully saturated rings. The first kappa shape index (κ1) is 10.2. The predicted octanol–water partition coefficient (Wildman–Crippen LogP) is 2.00. The van der Waals surface area contributed by atoms with Gasteiger partial charge in [-0.2, -0.15) is 0 Å². The maximum absolute atomic E-state index is 10.7. The topological polar surface area (TPSA) is 54.4 Å². The third-order valence-electron chi connectivity index (χ3n) is 2.73. The van der Waals surface area contributed by atoms with E-state index in [0.29, 0.717) is 0 Å². The van der Waals surface area contributed by atoms with Gasteiger partial charge in [-0.1, -0.05) is 32.1 Å². The van der Waals surface area contributed by atoms with Crippen LogP contribution in [0.3, 0.4) is 0 Å². The van der Waals surface area contributed by atoms with Gasteiger partial charge in [0, 0.05) is 6.42 Å². The summed E-state index contributed by atoms with van der Waals surface area (Å²) in [5.41, 5.74) is 0. The average molecular weight is 184 g/mol. The number of hydrogen-bond donors (Lipinski definition) is 1. The third kappa shape index (κ3) is 3.57. The molecule has 1 saturated carbocycles. The zero-order chi connectivity index (χ0) is 9.68. The van der Waals surface area contributed by atoms with Gasteiger partial charge in [0.2, 0.25) is 5.78 Å². The standard InChI is InChI=1S/C10H16O3/c11-9(10(12)13)7-3-6-8-4-1-2-5-8/h8H,1-7H2,(H,12,13). The van der Waals surface area contributed by atoms with Crippen molar-refractivity contribution in [2.45, 2.75) is 44.9 Å². The Hall–Kier alpha value is -0.860. The van der Waals surface area contributed by atoms with E-state index in [2.05, 4.69) is 0 Å². The number of hydrogen-bond acceptors (Lipinski definition) is 2. The van der Waals surface area contributed by atoms with E-state index in [-0.39, 0.29) is 6.42 Å². The Bertz CT molecular complexity index is 192. The highest BCUT2D eigenvalue weighted by molar-refractivity contribution is 6.32. The molecular weight excluding hydrogens is 168 g/mol. The largest absolute Gasteiger partial charge is 0.476 e. The fourth-order valence-electron chi connectivity index (χ4n) is 1.96. The fraction of sp³-hybridized carbons (Fsp3) is 0.800. The van der Waals surface area contributed by atoms with Crippen LogP contribution in [0.25, 0.3) is 0 Å². The summed E-state index contributed by atoms with van der Waals surface area (Å²) in [6, 6.07) is 0. The van der Waals surface area contributed by atoms with Crippen molar-refractivity contribution in [2.24, 2.45) is 5.92 Å². The highest BCUT2D eigenvalue weighted by atomic mass is 16.4. The second-order valence-electron chi connectivity index (χ2n) is 3.77. The lowest BCUT2D eigenvalue weighted by Crippen LogP contribution is -2.12. The Balaban J connectivity index is 2.06. The SMILES string of the molecule is O=C(O)C(=O)CCCC1CCCC1. The van der Waals surface area contributed by atoms with E-state index in [0.717, 1.165) is 18.8 Å². The number of carbonyl (C=O) groups is 2. The smallest absolute Gasteiger partial charge is 0.372 e. The predicted molar refractivity (Wildman–Crippen MR) is 48.5 cm³/mol. The minimum atomic E-state index is -1.29. The van der Waals surface area contributed by atoms with Crippen LogP contribution >= 0.6 is 0 Å². The summed E-state index contributed by atoms with van der Waals surface area (Å²) in [6.07, 6.45) is 7.12. The number of aliphatic carboxylic acids is 1. The van der Waals surface area contributed by atoms with Crippen LogP contribution in [0.5, 0.6) is 0 Å². The maximum Gasteiger partial charge on any atom is 0.372 e. The Morgan fingerprint density at radius 1 is 1.23 bits per heavy atom. The van der Waals surface area contributed by atoms with E-state index in [1.807, 2.05) is 0 Å². The van der Waals surface area contributed by atoms with Crippen molar-refractivity contribution in [3.8, 4) is 0 Å². The Kier molecular flexibility index (Phi) is 3.93. The first-order valence-electron chi connectivity index (χ1n) is 4.96. The highest BCUT2D eigenvalue weighted by Gasteiger charge is 2.16. The van der Waals surface area contributed by atoms with E-state index in [4.69, 9.17) is 5.11 Å². The number of ketones is 1. The van der Waals surface area contributed by atoms with Gasteiger partial charge >= 0.3 is 5.97 Å². The zero-order valence-electron chi connectivity index (χ0n) is 7.79. The van der Waals surface area contributed by atoms with E-state index >= 15 is 0 Å². The monoisotopic (exact) mass is 184 g/mol. The van der Waals surface area contributed by atoms with Gasteiger partial charge in [-0.25, -0.2) is 4.79 Å². The summed E-state index contributed by atoms with van der Waals surface area (Å²) in [7, 11) is 0. The third-order valence-corrected chi connectivity index (χ3v) is 2.73. The average Bonchev–Trinajstić information content (AvgIpc) is 2.56.